The van der Waals surface area contributed by atoms with E-state index in [0.29, 0.717) is 58.3 Å². The van der Waals surface area contributed by atoms with E-state index in [0.717, 1.165) is 6.08 Å². The molecule has 2 heterocycles. The summed E-state index contributed by atoms with van der Waals surface area (Å²) in [5.41, 5.74) is 1.52. The van der Waals surface area contributed by atoms with Crippen molar-refractivity contribution in [3.05, 3.63) is 65.2 Å². The maximum Gasteiger partial charge on any atom is 0.159 e. The van der Waals surface area contributed by atoms with Gasteiger partial charge in [-0.2, -0.15) is 0 Å². The van der Waals surface area contributed by atoms with Gasteiger partial charge in [-0.25, -0.2) is 14.4 Å². The molecule has 0 bridgehead atoms. The Morgan fingerprint density at radius 3 is 3.03 bits per heavy atom. The molecule has 1 aliphatic rings. The highest BCUT2D eigenvalue weighted by Crippen LogP contribution is 2.32. The number of halogens is 2. The van der Waals surface area contributed by atoms with Crippen LogP contribution in [0.5, 0.6) is 5.75 Å². The van der Waals surface area contributed by atoms with Crippen LogP contribution in [-0.2, 0) is 16.0 Å². The fourth-order valence-electron chi connectivity index (χ4n) is 3.51. The van der Waals surface area contributed by atoms with E-state index >= 15 is 0 Å². The molecule has 2 aromatic carbocycles. The molecule has 0 amide bonds. The van der Waals surface area contributed by atoms with Gasteiger partial charge in [0, 0.05) is 50.3 Å². The zero-order valence-corrected chi connectivity index (χ0v) is 18.8. The predicted octanol–water partition coefficient (Wildman–Crippen LogP) is 4.56. The Labute approximate surface area is 211 Å². The number of rotatable bonds is 9. The summed E-state index contributed by atoms with van der Waals surface area (Å²) in [6.07, 6.45) is 4.05. The Morgan fingerprint density at radius 1 is 1.38 bits per heavy atom. The van der Waals surface area contributed by atoms with E-state index in [1.807, 2.05) is 0 Å². The van der Waals surface area contributed by atoms with Gasteiger partial charge in [0.2, 0.25) is 0 Å². The summed E-state index contributed by atoms with van der Waals surface area (Å²) in [6, 6.07) is 7.54. The number of aromatic nitrogens is 2. The monoisotopic (exact) mass is 490 g/mol. The standard InChI is InChI=1S/C25H26ClFN4O3/c1-31(2)8-3-4-18(32)10-16-11-20-23(13-24(16)34-19-7-9-33-14-19)28-15-29-25(20)30-17-5-6-22(27)21(26)12-17/h3-6,11-13,15,19H,7-10,14H2,1-2H3,(H,28,29,30)/b4-3+/i1D3,2D3. The van der Waals surface area contributed by atoms with E-state index < -0.39 is 32.1 Å². The molecular weight excluding hydrogens is 459 g/mol. The number of fused-ring (bicyclic) bond motifs is 1. The van der Waals surface area contributed by atoms with E-state index in [9.17, 15) is 9.18 Å². The van der Waals surface area contributed by atoms with Gasteiger partial charge >= 0.3 is 0 Å². The maximum atomic E-state index is 13.6. The number of anilines is 2. The summed E-state index contributed by atoms with van der Waals surface area (Å²) in [4.78, 5) is 21.9. The zero-order chi connectivity index (χ0) is 29.1. The Kier molecular flexibility index (Phi) is 5.57. The Balaban J connectivity index is 1.63. The van der Waals surface area contributed by atoms with E-state index in [4.69, 9.17) is 29.3 Å². The number of likely N-dealkylation sites (N-methyl/N-ethyl adjacent to an activating group) is 1. The summed E-state index contributed by atoms with van der Waals surface area (Å²) in [6.45, 7) is -5.25. The van der Waals surface area contributed by atoms with Gasteiger partial charge in [-0.3, -0.25) is 4.79 Å². The minimum atomic E-state index is -2.86. The molecule has 7 nitrogen and oxygen atoms in total. The molecule has 4 rings (SSSR count). The van der Waals surface area contributed by atoms with Crippen molar-refractivity contribution in [2.45, 2.75) is 18.9 Å². The van der Waals surface area contributed by atoms with Crippen LogP contribution in [0.25, 0.3) is 10.9 Å². The quantitative estimate of drug-likeness (QED) is 0.440. The van der Waals surface area contributed by atoms with Crippen LogP contribution in [0, 0.1) is 5.82 Å². The van der Waals surface area contributed by atoms with E-state index in [2.05, 4.69) is 15.3 Å². The summed E-state index contributed by atoms with van der Waals surface area (Å²) < 4.78 is 69.9. The molecule has 1 fully saturated rings. The highest BCUT2D eigenvalue weighted by Gasteiger charge is 2.21. The van der Waals surface area contributed by atoms with Crippen LogP contribution in [0.4, 0.5) is 15.9 Å². The summed E-state index contributed by atoms with van der Waals surface area (Å²) >= 11 is 5.91. The first kappa shape index (κ1) is 17.4. The van der Waals surface area contributed by atoms with Crippen LogP contribution < -0.4 is 10.1 Å². The number of carbonyl (C=O) groups excluding carboxylic acids is 1. The lowest BCUT2D eigenvalue weighted by molar-refractivity contribution is -0.114. The molecule has 1 unspecified atom stereocenters. The van der Waals surface area contributed by atoms with Crippen molar-refractivity contribution in [1.29, 1.82) is 0 Å². The number of hydrogen-bond acceptors (Lipinski definition) is 7. The topological polar surface area (TPSA) is 76.6 Å². The number of ketones is 1. The molecule has 3 aromatic rings. The molecule has 1 atom stereocenters. The van der Waals surface area contributed by atoms with Gasteiger partial charge in [0.25, 0.3) is 0 Å². The summed E-state index contributed by atoms with van der Waals surface area (Å²) in [7, 11) is 0. The third-order valence-electron chi connectivity index (χ3n) is 5.14. The largest absolute Gasteiger partial charge is 0.488 e. The molecular formula is C25H26ClFN4O3. The minimum Gasteiger partial charge on any atom is -0.488 e. The van der Waals surface area contributed by atoms with Gasteiger partial charge < -0.3 is 19.7 Å². The number of nitrogens with zero attached hydrogens (tertiary/aromatic N) is 3. The Bertz CT molecular complexity index is 1400. The van der Waals surface area contributed by atoms with E-state index in [-0.39, 0.29) is 17.5 Å². The van der Waals surface area contributed by atoms with Gasteiger partial charge in [0.15, 0.2) is 5.78 Å². The fraction of sp³-hybridized carbons (Fsp3) is 0.320. The average molecular weight is 491 g/mol. The summed E-state index contributed by atoms with van der Waals surface area (Å²) in [5.74, 6) is -0.156. The lowest BCUT2D eigenvalue weighted by Crippen LogP contribution is -2.17. The minimum absolute atomic E-state index is 0.0635. The number of benzene rings is 2. The van der Waals surface area contributed by atoms with Crippen molar-refractivity contribution in [1.82, 2.24) is 14.9 Å². The molecule has 34 heavy (non-hydrogen) atoms. The summed E-state index contributed by atoms with van der Waals surface area (Å²) in [5, 5.41) is 3.58. The van der Waals surface area contributed by atoms with Crippen molar-refractivity contribution >= 4 is 39.8 Å². The highest BCUT2D eigenvalue weighted by molar-refractivity contribution is 6.31. The number of hydrogen-bond donors (Lipinski definition) is 1. The second-order valence-electron chi connectivity index (χ2n) is 7.71. The first-order valence-corrected chi connectivity index (χ1v) is 10.9. The van der Waals surface area contributed by atoms with Crippen molar-refractivity contribution < 1.29 is 26.9 Å². The molecule has 1 saturated heterocycles. The van der Waals surface area contributed by atoms with E-state index in [1.54, 1.807) is 12.1 Å². The lowest BCUT2D eigenvalue weighted by Gasteiger charge is -2.17. The first-order chi connectivity index (χ1) is 18.8. The molecule has 1 N–H and O–H groups in total. The Morgan fingerprint density at radius 2 is 2.26 bits per heavy atom. The number of carbonyl (C=O) groups is 1. The van der Waals surface area contributed by atoms with E-state index in [1.165, 1.54) is 30.6 Å². The van der Waals surface area contributed by atoms with Crippen LogP contribution >= 0.6 is 11.6 Å². The Hall–Kier alpha value is -3.07. The molecule has 0 spiro atoms. The SMILES string of the molecule is [2H]C([2H])([2H])N(C/C=C/C(=O)Cc1cc2c(Nc3ccc(F)c(Cl)c3)ncnc2cc1OC1CCOC1)C([2H])([2H])[2H]. The smallest absolute Gasteiger partial charge is 0.159 e. The fourth-order valence-corrected chi connectivity index (χ4v) is 3.69. The van der Waals surface area contributed by atoms with Crippen LogP contribution in [-0.4, -0.2) is 60.5 Å². The molecule has 0 saturated carbocycles. The third-order valence-corrected chi connectivity index (χ3v) is 5.43. The number of nitrogens with one attached hydrogen (secondary N) is 1. The van der Waals surface area contributed by atoms with Gasteiger partial charge in [0.05, 0.1) is 23.8 Å². The van der Waals surface area contributed by atoms with Gasteiger partial charge in [-0.05, 0) is 44.3 Å². The van der Waals surface area contributed by atoms with Crippen LogP contribution in [0.3, 0.4) is 0 Å². The predicted molar refractivity (Wildman–Crippen MR) is 130 cm³/mol. The van der Waals surface area contributed by atoms with Crippen LogP contribution in [0.1, 0.15) is 20.2 Å². The average Bonchev–Trinajstić information content (AvgIpc) is 3.36. The maximum absolute atomic E-state index is 13.6. The van der Waals surface area contributed by atoms with Crippen LogP contribution in [0.15, 0.2) is 48.8 Å². The third kappa shape index (κ3) is 6.08. The first-order valence-electron chi connectivity index (χ1n) is 13.5. The van der Waals surface area contributed by atoms with Crippen molar-refractivity contribution in [3.8, 4) is 5.75 Å². The molecule has 178 valence electrons. The van der Waals surface area contributed by atoms with Gasteiger partial charge in [-0.1, -0.05) is 17.7 Å². The van der Waals surface area contributed by atoms with Gasteiger partial charge in [0.1, 0.15) is 29.8 Å². The lowest BCUT2D eigenvalue weighted by atomic mass is 10.0. The van der Waals surface area contributed by atoms with Crippen molar-refractivity contribution in [3.63, 3.8) is 0 Å². The number of ether oxygens (including phenoxy) is 2. The molecule has 0 aliphatic carbocycles. The highest BCUT2D eigenvalue weighted by atomic mass is 35.5. The molecule has 1 aliphatic heterocycles. The second-order valence-corrected chi connectivity index (χ2v) is 8.12. The zero-order valence-electron chi connectivity index (χ0n) is 24.1. The number of allylic oxidation sites excluding steroid dienone is 1. The molecule has 9 heteroatoms. The van der Waals surface area contributed by atoms with Crippen molar-refractivity contribution in [2.75, 3.05) is 39.0 Å². The van der Waals surface area contributed by atoms with Crippen LogP contribution in [0.2, 0.25) is 5.02 Å². The molecule has 1 aromatic heterocycles. The normalized spacial score (nSPS) is 19.3. The van der Waals surface area contributed by atoms with Crippen molar-refractivity contribution in [2.24, 2.45) is 0 Å². The second kappa shape index (κ2) is 10.9. The van der Waals surface area contributed by atoms with Gasteiger partial charge in [-0.15, -0.1) is 0 Å². The molecule has 0 radical (unpaired) electrons.